The summed E-state index contributed by atoms with van der Waals surface area (Å²) in [7, 11) is -3.54. The van der Waals surface area contributed by atoms with Gasteiger partial charge in [-0.3, -0.25) is 4.90 Å². The highest BCUT2D eigenvalue weighted by atomic mass is 32.2. The molecule has 3 fully saturated rings. The lowest BCUT2D eigenvalue weighted by Gasteiger charge is -2.37. The zero-order chi connectivity index (χ0) is 23.8. The van der Waals surface area contributed by atoms with Gasteiger partial charge in [-0.1, -0.05) is 12.1 Å². The van der Waals surface area contributed by atoms with E-state index < -0.39 is 15.8 Å². The summed E-state index contributed by atoms with van der Waals surface area (Å²) in [4.78, 5) is 9.81. The zero-order valence-corrected chi connectivity index (χ0v) is 20.8. The number of nitrogens with zero attached hydrogens (tertiary/aromatic N) is 4. The molecule has 0 bridgehead atoms. The average molecular weight is 487 g/mol. The second-order valence-electron chi connectivity index (χ2n) is 9.56. The molecule has 184 valence electrons. The van der Waals surface area contributed by atoms with Crippen LogP contribution in [0.1, 0.15) is 26.7 Å². The molecule has 0 aliphatic carbocycles. The zero-order valence-electron chi connectivity index (χ0n) is 20.0. The van der Waals surface area contributed by atoms with Crippen molar-refractivity contribution < 1.29 is 17.9 Å². The van der Waals surface area contributed by atoms with Gasteiger partial charge in [0, 0.05) is 69.9 Å². The summed E-state index contributed by atoms with van der Waals surface area (Å²) >= 11 is 0. The molecule has 1 aromatic heterocycles. The summed E-state index contributed by atoms with van der Waals surface area (Å²) in [6, 6.07) is 11.8. The third kappa shape index (κ3) is 4.72. The van der Waals surface area contributed by atoms with Crippen LogP contribution in [0.25, 0.3) is 11.1 Å². The van der Waals surface area contributed by atoms with Gasteiger partial charge in [-0.25, -0.2) is 13.4 Å². The molecule has 1 spiro atoms. The van der Waals surface area contributed by atoms with Gasteiger partial charge in [0.1, 0.15) is 5.82 Å². The van der Waals surface area contributed by atoms with E-state index in [0.717, 1.165) is 43.1 Å². The maximum absolute atomic E-state index is 13.1. The fourth-order valence-corrected chi connectivity index (χ4v) is 6.47. The molecule has 3 aliphatic rings. The van der Waals surface area contributed by atoms with Crippen molar-refractivity contribution in [2.45, 2.75) is 43.4 Å². The van der Waals surface area contributed by atoms with Crippen LogP contribution in [-0.2, 0) is 19.5 Å². The third-order valence-corrected chi connectivity index (χ3v) is 9.15. The Hall–Kier alpha value is -2.04. The molecule has 4 heterocycles. The van der Waals surface area contributed by atoms with Gasteiger partial charge in [0.15, 0.2) is 5.79 Å². The molecule has 0 radical (unpaired) electrons. The average Bonchev–Trinajstić information content (AvgIpc) is 3.32. The number of aromatic nitrogens is 1. The van der Waals surface area contributed by atoms with Crippen LogP contribution in [0.5, 0.6) is 0 Å². The standard InChI is InChI=1S/C25H34N4O4S/c1-20(2)27-13-15-28(16-14-27)24-8-5-22(19-26-24)21-3-6-23(7-4-21)34(30,31)29-11-9-25(10-12-29)32-17-18-33-25/h3-8,19-20H,9-18H2,1-2H3. The Labute approximate surface area is 202 Å². The molecule has 0 atom stereocenters. The molecular weight excluding hydrogens is 452 g/mol. The van der Waals surface area contributed by atoms with Gasteiger partial charge in [-0.2, -0.15) is 4.31 Å². The molecule has 1 aromatic carbocycles. The Bertz CT molecular complexity index is 1060. The minimum Gasteiger partial charge on any atom is -0.354 e. The van der Waals surface area contributed by atoms with Crippen molar-refractivity contribution in [1.82, 2.24) is 14.2 Å². The predicted molar refractivity (Wildman–Crippen MR) is 131 cm³/mol. The SMILES string of the molecule is CC(C)N1CCN(c2ccc(-c3ccc(S(=O)(=O)N4CCC5(CC4)OCCO5)cc3)cn2)CC1. The van der Waals surface area contributed by atoms with Crippen LogP contribution in [0, 0.1) is 0 Å². The van der Waals surface area contributed by atoms with Crippen molar-refractivity contribution in [2.75, 3.05) is 57.4 Å². The first-order chi connectivity index (χ1) is 16.4. The molecule has 3 saturated heterocycles. The Kier molecular flexibility index (Phi) is 6.65. The van der Waals surface area contributed by atoms with Crippen LogP contribution in [-0.4, -0.2) is 86.9 Å². The Morgan fingerprint density at radius 1 is 0.853 bits per heavy atom. The number of rotatable bonds is 5. The molecule has 34 heavy (non-hydrogen) atoms. The third-order valence-electron chi connectivity index (χ3n) is 7.24. The van der Waals surface area contributed by atoms with E-state index in [2.05, 4.69) is 40.8 Å². The minimum absolute atomic E-state index is 0.313. The van der Waals surface area contributed by atoms with E-state index in [1.165, 1.54) is 4.31 Å². The van der Waals surface area contributed by atoms with Gasteiger partial charge in [-0.15, -0.1) is 0 Å². The molecule has 2 aromatic rings. The normalized spacial score (nSPS) is 22.0. The van der Waals surface area contributed by atoms with Gasteiger partial charge in [-0.05, 0) is 43.7 Å². The van der Waals surface area contributed by atoms with Crippen molar-refractivity contribution in [3.8, 4) is 11.1 Å². The predicted octanol–water partition coefficient (Wildman–Crippen LogP) is 2.81. The second-order valence-corrected chi connectivity index (χ2v) is 11.5. The number of sulfonamides is 1. The molecular formula is C25H34N4O4S. The monoisotopic (exact) mass is 486 g/mol. The van der Waals surface area contributed by atoms with Crippen LogP contribution < -0.4 is 4.90 Å². The number of hydrogen-bond acceptors (Lipinski definition) is 7. The summed E-state index contributed by atoms with van der Waals surface area (Å²) in [5, 5.41) is 0. The highest BCUT2D eigenvalue weighted by Gasteiger charge is 2.42. The van der Waals surface area contributed by atoms with Crippen molar-refractivity contribution in [3.63, 3.8) is 0 Å². The molecule has 3 aliphatic heterocycles. The summed E-state index contributed by atoms with van der Waals surface area (Å²) in [5.74, 6) is 0.404. The van der Waals surface area contributed by atoms with Crippen LogP contribution in [0.15, 0.2) is 47.5 Å². The van der Waals surface area contributed by atoms with E-state index in [4.69, 9.17) is 9.47 Å². The molecule has 0 N–H and O–H groups in total. The molecule has 8 nitrogen and oxygen atoms in total. The van der Waals surface area contributed by atoms with E-state index in [1.807, 2.05) is 18.3 Å². The first-order valence-corrected chi connectivity index (χ1v) is 13.6. The van der Waals surface area contributed by atoms with Gasteiger partial charge >= 0.3 is 0 Å². The summed E-state index contributed by atoms with van der Waals surface area (Å²) in [5.41, 5.74) is 1.93. The Morgan fingerprint density at radius 2 is 1.47 bits per heavy atom. The van der Waals surface area contributed by atoms with Gasteiger partial charge in [0.2, 0.25) is 10.0 Å². The quantitative estimate of drug-likeness (QED) is 0.643. The number of benzene rings is 1. The first kappa shape index (κ1) is 23.7. The largest absolute Gasteiger partial charge is 0.354 e. The van der Waals surface area contributed by atoms with Crippen LogP contribution in [0.2, 0.25) is 0 Å². The number of pyridine rings is 1. The lowest BCUT2D eigenvalue weighted by atomic mass is 10.1. The van der Waals surface area contributed by atoms with E-state index in [1.54, 1.807) is 12.1 Å². The number of ether oxygens (including phenoxy) is 2. The van der Waals surface area contributed by atoms with E-state index in [-0.39, 0.29) is 0 Å². The smallest absolute Gasteiger partial charge is 0.243 e. The van der Waals surface area contributed by atoms with Crippen LogP contribution in [0.3, 0.4) is 0 Å². The number of piperidine rings is 1. The maximum atomic E-state index is 13.1. The molecule has 9 heteroatoms. The molecule has 0 amide bonds. The van der Waals surface area contributed by atoms with Crippen molar-refractivity contribution in [3.05, 3.63) is 42.6 Å². The summed E-state index contributed by atoms with van der Waals surface area (Å²) < 4.78 is 39.3. The fraction of sp³-hybridized carbons (Fsp3) is 0.560. The van der Waals surface area contributed by atoms with Gasteiger partial charge in [0.05, 0.1) is 18.1 Å². The molecule has 0 unspecified atom stereocenters. The van der Waals surface area contributed by atoms with E-state index in [9.17, 15) is 8.42 Å². The van der Waals surface area contributed by atoms with Crippen molar-refractivity contribution in [1.29, 1.82) is 0 Å². The highest BCUT2D eigenvalue weighted by Crippen LogP contribution is 2.33. The molecule has 0 saturated carbocycles. The lowest BCUT2D eigenvalue weighted by Crippen LogP contribution is -2.49. The lowest BCUT2D eigenvalue weighted by molar-refractivity contribution is -0.179. The number of anilines is 1. The van der Waals surface area contributed by atoms with E-state index in [0.29, 0.717) is 50.1 Å². The maximum Gasteiger partial charge on any atom is 0.243 e. The summed E-state index contributed by atoms with van der Waals surface area (Å²) in [6.45, 7) is 10.5. The van der Waals surface area contributed by atoms with E-state index >= 15 is 0 Å². The summed E-state index contributed by atoms with van der Waals surface area (Å²) in [6.07, 6.45) is 3.00. The topological polar surface area (TPSA) is 75.2 Å². The Morgan fingerprint density at radius 3 is 2.03 bits per heavy atom. The fourth-order valence-electron chi connectivity index (χ4n) is 5.03. The van der Waals surface area contributed by atoms with Crippen LogP contribution in [0.4, 0.5) is 5.82 Å². The number of hydrogen-bond donors (Lipinski definition) is 0. The second kappa shape index (κ2) is 9.54. The van der Waals surface area contributed by atoms with Crippen LogP contribution >= 0.6 is 0 Å². The molecule has 5 rings (SSSR count). The Balaban J connectivity index is 1.23. The highest BCUT2D eigenvalue weighted by molar-refractivity contribution is 7.89. The first-order valence-electron chi connectivity index (χ1n) is 12.2. The van der Waals surface area contributed by atoms with Crippen molar-refractivity contribution in [2.24, 2.45) is 0 Å². The number of piperazine rings is 1. The minimum atomic E-state index is -3.54. The van der Waals surface area contributed by atoms with Crippen molar-refractivity contribution >= 4 is 15.8 Å². The van der Waals surface area contributed by atoms with Gasteiger partial charge in [0.25, 0.3) is 0 Å². The van der Waals surface area contributed by atoms with Gasteiger partial charge < -0.3 is 14.4 Å².